The van der Waals surface area contributed by atoms with E-state index in [1.165, 1.54) is 18.5 Å². The molecule has 0 spiro atoms. The zero-order chi connectivity index (χ0) is 24.3. The highest BCUT2D eigenvalue weighted by atomic mass is 32.2. The van der Waals surface area contributed by atoms with Gasteiger partial charge in [0.2, 0.25) is 15.9 Å². The van der Waals surface area contributed by atoms with Crippen LogP contribution in [0.15, 0.2) is 29.4 Å². The van der Waals surface area contributed by atoms with Crippen LogP contribution < -0.4 is 10.1 Å². The number of aromatic nitrogens is 2. The highest BCUT2D eigenvalue weighted by molar-refractivity contribution is 7.90. The predicted molar refractivity (Wildman–Crippen MR) is 124 cm³/mol. The van der Waals surface area contributed by atoms with Crippen LogP contribution in [-0.4, -0.2) is 60.8 Å². The molecule has 1 aromatic carbocycles. The van der Waals surface area contributed by atoms with Crippen LogP contribution in [0.2, 0.25) is 0 Å². The minimum atomic E-state index is -3.52. The molecule has 1 N–H and O–H groups in total. The highest BCUT2D eigenvalue weighted by Gasteiger charge is 2.52. The number of rotatable bonds is 7. The molecule has 184 valence electrons. The van der Waals surface area contributed by atoms with Crippen molar-refractivity contribution < 1.29 is 26.0 Å². The van der Waals surface area contributed by atoms with Crippen LogP contribution in [0.25, 0.3) is 0 Å². The number of piperidine rings is 1. The molecule has 34 heavy (non-hydrogen) atoms. The third-order valence-corrected chi connectivity index (χ3v) is 10.4. The Hall–Kier alpha value is -2.31. The number of halogens is 1. The van der Waals surface area contributed by atoms with Crippen molar-refractivity contribution in [3.63, 3.8) is 0 Å². The van der Waals surface area contributed by atoms with Crippen molar-refractivity contribution in [1.29, 1.82) is 0 Å². The lowest BCUT2D eigenvalue weighted by atomic mass is 10.0. The second-order valence-corrected chi connectivity index (χ2v) is 13.5. The molecule has 2 aliphatic heterocycles. The van der Waals surface area contributed by atoms with E-state index in [4.69, 9.17) is 4.74 Å². The smallest absolute Gasteiger partial charge is 0.221 e. The van der Waals surface area contributed by atoms with Crippen LogP contribution in [-0.2, 0) is 19.9 Å². The highest BCUT2D eigenvalue weighted by Crippen LogP contribution is 2.43. The Bertz CT molecular complexity index is 1320. The van der Waals surface area contributed by atoms with Crippen LogP contribution in [0.3, 0.4) is 0 Å². The fourth-order valence-electron chi connectivity index (χ4n) is 4.93. The van der Waals surface area contributed by atoms with Crippen LogP contribution >= 0.6 is 0 Å². The van der Waals surface area contributed by atoms with Gasteiger partial charge >= 0.3 is 0 Å². The number of ether oxygens (including phenoxy) is 1. The molecule has 9 nitrogen and oxygen atoms in total. The van der Waals surface area contributed by atoms with Gasteiger partial charge in [-0.05, 0) is 50.8 Å². The second-order valence-electron chi connectivity index (χ2n) is 9.36. The molecular weight excluding hydrogens is 483 g/mol. The molecule has 1 aliphatic carbocycles. The maximum absolute atomic E-state index is 14.5. The molecule has 2 bridgehead atoms. The monoisotopic (exact) mass is 510 g/mol. The molecule has 2 saturated heterocycles. The normalized spacial score (nSPS) is 25.3. The molecule has 2 aromatic rings. The molecule has 1 saturated carbocycles. The number of fused-ring (bicyclic) bond motifs is 2. The lowest BCUT2D eigenvalue weighted by Gasteiger charge is -2.37. The van der Waals surface area contributed by atoms with E-state index >= 15 is 0 Å². The van der Waals surface area contributed by atoms with Crippen molar-refractivity contribution in [1.82, 2.24) is 14.3 Å². The fraction of sp³-hybridized carbons (Fsp3) is 0.545. The van der Waals surface area contributed by atoms with Gasteiger partial charge in [-0.2, -0.15) is 4.31 Å². The standard InChI is InChI=1S/C22H27FN4O5S2/c1-13-21(26-20-8-7-18(11-19(20)23)33(2,28)29)24-12-25-22(13)32-16-9-14-3-4-15(10-16)27(14)34(30,31)17-5-6-17/h7-8,11-12,14-17H,3-6,9-10H2,1-2H3,(H,24,25,26)/t14-,15+,16?. The molecule has 0 radical (unpaired) electrons. The first kappa shape index (κ1) is 23.4. The summed E-state index contributed by atoms with van der Waals surface area (Å²) < 4.78 is 71.4. The van der Waals surface area contributed by atoms with Gasteiger partial charge in [0.15, 0.2) is 9.84 Å². The first-order valence-electron chi connectivity index (χ1n) is 11.3. The second kappa shape index (κ2) is 8.42. The summed E-state index contributed by atoms with van der Waals surface area (Å²) in [7, 11) is -6.74. The number of nitrogens with zero attached hydrogens (tertiary/aromatic N) is 3. The maximum Gasteiger partial charge on any atom is 0.221 e. The van der Waals surface area contributed by atoms with E-state index in [0.717, 1.165) is 38.0 Å². The molecule has 5 rings (SSSR count). The van der Waals surface area contributed by atoms with Crippen LogP contribution in [0.5, 0.6) is 5.88 Å². The van der Waals surface area contributed by atoms with Gasteiger partial charge in [0.1, 0.15) is 24.1 Å². The lowest BCUT2D eigenvalue weighted by molar-refractivity contribution is 0.0910. The Morgan fingerprint density at radius 2 is 1.74 bits per heavy atom. The molecule has 12 heteroatoms. The summed E-state index contributed by atoms with van der Waals surface area (Å²) >= 11 is 0. The van der Waals surface area contributed by atoms with Gasteiger partial charge < -0.3 is 10.1 Å². The summed E-state index contributed by atoms with van der Waals surface area (Å²) in [5.41, 5.74) is 0.659. The van der Waals surface area contributed by atoms with E-state index < -0.39 is 25.7 Å². The third kappa shape index (κ3) is 4.38. The Labute approximate surface area is 198 Å². The lowest BCUT2D eigenvalue weighted by Crippen LogP contribution is -2.50. The summed E-state index contributed by atoms with van der Waals surface area (Å²) in [6.45, 7) is 1.75. The van der Waals surface area contributed by atoms with Crippen LogP contribution in [0.4, 0.5) is 15.9 Å². The summed E-state index contributed by atoms with van der Waals surface area (Å²) in [5.74, 6) is -0.0227. The van der Waals surface area contributed by atoms with Crippen molar-refractivity contribution in [2.24, 2.45) is 0 Å². The Morgan fingerprint density at radius 3 is 2.32 bits per heavy atom. The van der Waals surface area contributed by atoms with E-state index in [-0.39, 0.29) is 34.0 Å². The van der Waals surface area contributed by atoms with E-state index in [1.807, 2.05) is 0 Å². The summed E-state index contributed by atoms with van der Waals surface area (Å²) in [6.07, 6.45) is 6.57. The Morgan fingerprint density at radius 1 is 1.06 bits per heavy atom. The van der Waals surface area contributed by atoms with Crippen molar-refractivity contribution in [2.75, 3.05) is 11.6 Å². The van der Waals surface area contributed by atoms with Gasteiger partial charge in [-0.3, -0.25) is 0 Å². The molecule has 0 amide bonds. The molecule has 1 unspecified atom stereocenters. The molecule has 1 aromatic heterocycles. The van der Waals surface area contributed by atoms with Crippen LogP contribution in [0, 0.1) is 12.7 Å². The van der Waals surface area contributed by atoms with Gasteiger partial charge in [-0.1, -0.05) is 0 Å². The summed E-state index contributed by atoms with van der Waals surface area (Å²) in [5, 5.41) is 2.67. The number of benzene rings is 1. The number of hydrogen-bond donors (Lipinski definition) is 1. The SMILES string of the molecule is Cc1c(Nc2ccc(S(C)(=O)=O)cc2F)ncnc1OC1C[C@H]2CC[C@@H](C1)N2S(=O)(=O)C1CC1. The average Bonchev–Trinajstić information content (AvgIpc) is 3.57. The zero-order valence-electron chi connectivity index (χ0n) is 18.9. The molecule has 3 aliphatic rings. The number of nitrogens with one attached hydrogen (secondary N) is 1. The number of hydrogen-bond acceptors (Lipinski definition) is 8. The van der Waals surface area contributed by atoms with Crippen molar-refractivity contribution in [3.8, 4) is 5.88 Å². The first-order chi connectivity index (χ1) is 16.0. The maximum atomic E-state index is 14.5. The predicted octanol–water partition coefficient (Wildman–Crippen LogP) is 2.94. The van der Waals surface area contributed by atoms with Gasteiger partial charge in [-0.15, -0.1) is 0 Å². The van der Waals surface area contributed by atoms with Crippen LogP contribution in [0.1, 0.15) is 44.1 Å². The molecule has 3 atom stereocenters. The van der Waals surface area contributed by atoms with Crippen molar-refractivity contribution >= 4 is 31.4 Å². The van der Waals surface area contributed by atoms with E-state index in [0.29, 0.717) is 30.1 Å². The largest absolute Gasteiger partial charge is 0.474 e. The van der Waals surface area contributed by atoms with Crippen molar-refractivity contribution in [3.05, 3.63) is 35.9 Å². The topological polar surface area (TPSA) is 119 Å². The number of sulfone groups is 1. The first-order valence-corrected chi connectivity index (χ1v) is 14.7. The van der Waals surface area contributed by atoms with Gasteiger partial charge in [0.25, 0.3) is 0 Å². The average molecular weight is 511 g/mol. The quantitative estimate of drug-likeness (QED) is 0.604. The van der Waals surface area contributed by atoms with Crippen molar-refractivity contribution in [2.45, 2.75) is 73.8 Å². The van der Waals surface area contributed by atoms with Gasteiger partial charge in [0, 0.05) is 31.2 Å². The minimum absolute atomic E-state index is 0.0449. The summed E-state index contributed by atoms with van der Waals surface area (Å²) in [6, 6.07) is 3.55. The minimum Gasteiger partial charge on any atom is -0.474 e. The van der Waals surface area contributed by atoms with E-state index in [9.17, 15) is 21.2 Å². The van der Waals surface area contributed by atoms with E-state index in [1.54, 1.807) is 11.2 Å². The number of anilines is 2. The number of sulfonamides is 1. The zero-order valence-corrected chi connectivity index (χ0v) is 20.6. The molecule has 3 fully saturated rings. The summed E-state index contributed by atoms with van der Waals surface area (Å²) in [4.78, 5) is 8.31. The van der Waals surface area contributed by atoms with Gasteiger partial charge in [0.05, 0.1) is 21.4 Å². The fourth-order valence-corrected chi connectivity index (χ4v) is 7.85. The Balaban J connectivity index is 1.31. The molecular formula is C22H27FN4O5S2. The van der Waals surface area contributed by atoms with E-state index in [2.05, 4.69) is 15.3 Å². The third-order valence-electron chi connectivity index (χ3n) is 6.80. The molecule has 3 heterocycles. The Kier molecular flexibility index (Phi) is 5.80. The van der Waals surface area contributed by atoms with Gasteiger partial charge in [-0.25, -0.2) is 31.2 Å².